The molecule has 0 aliphatic carbocycles. The average molecular weight is 256 g/mol. The quantitative estimate of drug-likeness (QED) is 0.848. The number of nitrogens with one attached hydrogen (secondary N) is 1. The molecular weight excluding hydrogens is 245 g/mol. The van der Waals surface area contributed by atoms with Gasteiger partial charge in [0.1, 0.15) is 5.69 Å². The summed E-state index contributed by atoms with van der Waals surface area (Å²) in [6, 6.07) is 1.96. The summed E-state index contributed by atoms with van der Waals surface area (Å²) in [7, 11) is 0. The van der Waals surface area contributed by atoms with Gasteiger partial charge in [-0.3, -0.25) is 0 Å². The van der Waals surface area contributed by atoms with Crippen molar-refractivity contribution in [1.29, 1.82) is 0 Å². The molecule has 1 aromatic heterocycles. The van der Waals surface area contributed by atoms with Crippen LogP contribution in [0.2, 0.25) is 0 Å². The number of hydrogen-bond acceptors (Lipinski definition) is 3. The first kappa shape index (κ1) is 12.6. The molecule has 1 heterocycles. The molecule has 1 N–H and O–H groups in total. The first-order valence-electron chi connectivity index (χ1n) is 5.39. The van der Waals surface area contributed by atoms with Crippen LogP contribution in [0, 0.1) is 17.5 Å². The van der Waals surface area contributed by atoms with Crippen LogP contribution in [0.25, 0.3) is 5.69 Å². The highest BCUT2D eigenvalue weighted by Crippen LogP contribution is 2.18. The normalized spacial score (nSPS) is 10.9. The topological polar surface area (TPSA) is 42.7 Å². The van der Waals surface area contributed by atoms with E-state index in [0.717, 1.165) is 23.4 Å². The summed E-state index contributed by atoms with van der Waals surface area (Å²) in [5.74, 6) is -4.03. The first-order chi connectivity index (χ1) is 8.63. The Hall–Kier alpha value is -1.89. The van der Waals surface area contributed by atoms with Crippen LogP contribution in [0.5, 0.6) is 0 Å². The Balaban J connectivity index is 2.31. The Kier molecular flexibility index (Phi) is 3.61. The van der Waals surface area contributed by atoms with E-state index < -0.39 is 17.5 Å². The van der Waals surface area contributed by atoms with Crippen molar-refractivity contribution in [3.63, 3.8) is 0 Å². The van der Waals surface area contributed by atoms with Gasteiger partial charge in [-0.15, -0.1) is 5.10 Å². The van der Waals surface area contributed by atoms with Crippen LogP contribution >= 0.6 is 0 Å². The smallest absolute Gasteiger partial charge is 0.196 e. The molecular formula is C11H11F3N4. The van der Waals surface area contributed by atoms with E-state index in [0.29, 0.717) is 12.2 Å². The van der Waals surface area contributed by atoms with Crippen molar-refractivity contribution in [3.8, 4) is 5.69 Å². The molecule has 0 unspecified atom stereocenters. The van der Waals surface area contributed by atoms with E-state index in [1.54, 1.807) is 0 Å². The van der Waals surface area contributed by atoms with Gasteiger partial charge in [-0.2, -0.15) is 0 Å². The van der Waals surface area contributed by atoms with E-state index in [2.05, 4.69) is 15.6 Å². The maximum Gasteiger partial charge on any atom is 0.196 e. The second-order valence-corrected chi connectivity index (χ2v) is 3.63. The Bertz CT molecular complexity index is 553. The highest BCUT2D eigenvalue weighted by Gasteiger charge is 2.15. The molecule has 0 bridgehead atoms. The van der Waals surface area contributed by atoms with Crippen molar-refractivity contribution >= 4 is 0 Å². The van der Waals surface area contributed by atoms with E-state index in [4.69, 9.17) is 0 Å². The predicted octanol–water partition coefficient (Wildman–Crippen LogP) is 1.79. The number of halogens is 3. The maximum absolute atomic E-state index is 13.5. The number of rotatable bonds is 4. The van der Waals surface area contributed by atoms with Gasteiger partial charge in [-0.25, -0.2) is 17.9 Å². The summed E-state index contributed by atoms with van der Waals surface area (Å²) >= 11 is 0. The molecule has 96 valence electrons. The third-order valence-electron chi connectivity index (χ3n) is 2.36. The minimum atomic E-state index is -1.52. The molecule has 0 radical (unpaired) electrons. The van der Waals surface area contributed by atoms with Gasteiger partial charge in [0, 0.05) is 6.54 Å². The molecule has 0 spiro atoms. The molecule has 0 aliphatic heterocycles. The molecule has 0 aliphatic rings. The van der Waals surface area contributed by atoms with Gasteiger partial charge >= 0.3 is 0 Å². The molecule has 1 aromatic carbocycles. The Morgan fingerprint density at radius 2 is 2.00 bits per heavy atom. The maximum atomic E-state index is 13.5. The molecule has 18 heavy (non-hydrogen) atoms. The van der Waals surface area contributed by atoms with Crippen molar-refractivity contribution in [3.05, 3.63) is 41.5 Å². The van der Waals surface area contributed by atoms with Crippen molar-refractivity contribution in [2.45, 2.75) is 13.5 Å². The Morgan fingerprint density at radius 3 is 2.72 bits per heavy atom. The minimum absolute atomic E-state index is 0.177. The fraction of sp³-hybridized carbons (Fsp3) is 0.273. The third-order valence-corrected chi connectivity index (χ3v) is 2.36. The monoisotopic (exact) mass is 256 g/mol. The first-order valence-corrected chi connectivity index (χ1v) is 5.39. The minimum Gasteiger partial charge on any atom is -0.311 e. The standard InChI is InChI=1S/C11H11F3N4/c1-2-15-5-7-6-18(17-16-7)9-4-3-8(12)10(13)11(9)14/h3-4,6,15H,2,5H2,1H3. The zero-order valence-corrected chi connectivity index (χ0v) is 9.62. The van der Waals surface area contributed by atoms with Gasteiger partial charge < -0.3 is 5.32 Å². The van der Waals surface area contributed by atoms with E-state index in [9.17, 15) is 13.2 Å². The summed E-state index contributed by atoms with van der Waals surface area (Å²) in [6.07, 6.45) is 1.46. The molecule has 0 atom stereocenters. The second kappa shape index (κ2) is 5.18. The van der Waals surface area contributed by atoms with E-state index >= 15 is 0 Å². The van der Waals surface area contributed by atoms with Gasteiger partial charge in [-0.1, -0.05) is 12.1 Å². The number of aromatic nitrogens is 3. The van der Waals surface area contributed by atoms with Gasteiger partial charge in [-0.05, 0) is 18.7 Å². The van der Waals surface area contributed by atoms with Gasteiger partial charge in [0.15, 0.2) is 17.5 Å². The lowest BCUT2D eigenvalue weighted by molar-refractivity contribution is 0.442. The molecule has 0 amide bonds. The summed E-state index contributed by atoms with van der Waals surface area (Å²) in [4.78, 5) is 0. The average Bonchev–Trinajstić information content (AvgIpc) is 2.82. The zero-order chi connectivity index (χ0) is 13.1. The van der Waals surface area contributed by atoms with Gasteiger partial charge in [0.05, 0.1) is 11.9 Å². The molecule has 0 saturated heterocycles. The lowest BCUT2D eigenvalue weighted by Crippen LogP contribution is -2.11. The largest absolute Gasteiger partial charge is 0.311 e. The van der Waals surface area contributed by atoms with Crippen LogP contribution in [0.3, 0.4) is 0 Å². The number of nitrogens with zero attached hydrogens (tertiary/aromatic N) is 3. The SMILES string of the molecule is CCNCc1cn(-c2ccc(F)c(F)c2F)nn1. The molecule has 2 aromatic rings. The van der Waals surface area contributed by atoms with Crippen LogP contribution in [-0.4, -0.2) is 21.5 Å². The van der Waals surface area contributed by atoms with Gasteiger partial charge in [0.2, 0.25) is 0 Å². The molecule has 0 fully saturated rings. The Labute approximate surface area is 101 Å². The lowest BCUT2D eigenvalue weighted by Gasteiger charge is -2.03. The highest BCUT2D eigenvalue weighted by molar-refractivity contribution is 5.33. The van der Waals surface area contributed by atoms with Crippen LogP contribution in [0.15, 0.2) is 18.3 Å². The third kappa shape index (κ3) is 2.35. The number of benzene rings is 1. The zero-order valence-electron chi connectivity index (χ0n) is 9.62. The lowest BCUT2D eigenvalue weighted by atomic mass is 10.3. The fourth-order valence-corrected chi connectivity index (χ4v) is 1.44. The van der Waals surface area contributed by atoms with E-state index in [-0.39, 0.29) is 5.69 Å². The highest BCUT2D eigenvalue weighted by atomic mass is 19.2. The summed E-state index contributed by atoms with van der Waals surface area (Å²) in [5, 5.41) is 10.5. The van der Waals surface area contributed by atoms with Crippen LogP contribution in [0.4, 0.5) is 13.2 Å². The van der Waals surface area contributed by atoms with Crippen LogP contribution in [-0.2, 0) is 6.54 Å². The van der Waals surface area contributed by atoms with Crippen molar-refractivity contribution in [2.75, 3.05) is 6.54 Å². The Morgan fingerprint density at radius 1 is 1.22 bits per heavy atom. The van der Waals surface area contributed by atoms with Crippen molar-refractivity contribution in [1.82, 2.24) is 20.3 Å². The van der Waals surface area contributed by atoms with E-state index in [1.165, 1.54) is 6.20 Å². The molecule has 7 heteroatoms. The number of hydrogen-bond donors (Lipinski definition) is 1. The predicted molar refractivity (Wildman–Crippen MR) is 58.6 cm³/mol. The van der Waals surface area contributed by atoms with E-state index in [1.807, 2.05) is 6.92 Å². The fourth-order valence-electron chi connectivity index (χ4n) is 1.44. The second-order valence-electron chi connectivity index (χ2n) is 3.63. The van der Waals surface area contributed by atoms with Crippen LogP contribution < -0.4 is 5.32 Å². The van der Waals surface area contributed by atoms with Crippen molar-refractivity contribution < 1.29 is 13.2 Å². The van der Waals surface area contributed by atoms with Gasteiger partial charge in [0.25, 0.3) is 0 Å². The summed E-state index contributed by atoms with van der Waals surface area (Å²) in [6.45, 7) is 3.16. The van der Waals surface area contributed by atoms with Crippen LogP contribution in [0.1, 0.15) is 12.6 Å². The summed E-state index contributed by atoms with van der Waals surface area (Å²) in [5.41, 5.74) is 0.408. The molecule has 2 rings (SSSR count). The van der Waals surface area contributed by atoms with Crippen molar-refractivity contribution in [2.24, 2.45) is 0 Å². The molecule has 4 nitrogen and oxygen atoms in total. The summed E-state index contributed by atoms with van der Waals surface area (Å²) < 4.78 is 40.4. The molecule has 0 saturated carbocycles.